The third kappa shape index (κ3) is 4.05. The van der Waals surface area contributed by atoms with Gasteiger partial charge in [0.15, 0.2) is 9.84 Å². The molecule has 3 atom stereocenters. The fraction of sp³-hybridized carbons (Fsp3) is 0.364. The molecule has 2 aromatic carbocycles. The van der Waals surface area contributed by atoms with Gasteiger partial charge >= 0.3 is 6.09 Å². The molecule has 29 heavy (non-hydrogen) atoms. The summed E-state index contributed by atoms with van der Waals surface area (Å²) in [6, 6.07) is 15.2. The van der Waals surface area contributed by atoms with Gasteiger partial charge in [0.2, 0.25) is 0 Å². The van der Waals surface area contributed by atoms with Crippen LogP contribution >= 0.6 is 0 Å². The highest BCUT2D eigenvalue weighted by atomic mass is 32.2. The number of alkyl carbamates (subject to hydrolysis) is 1. The van der Waals surface area contributed by atoms with Gasteiger partial charge in [-0.1, -0.05) is 48.0 Å². The third-order valence-corrected chi connectivity index (χ3v) is 7.19. The highest BCUT2D eigenvalue weighted by molar-refractivity contribution is 7.92. The molecule has 3 rings (SSSR count). The van der Waals surface area contributed by atoms with E-state index in [4.69, 9.17) is 4.74 Å². The minimum atomic E-state index is -3.88. The summed E-state index contributed by atoms with van der Waals surface area (Å²) < 4.78 is 32.0. The van der Waals surface area contributed by atoms with E-state index in [0.717, 1.165) is 5.56 Å². The Morgan fingerprint density at radius 1 is 1.07 bits per heavy atom. The zero-order chi connectivity index (χ0) is 21.4. The molecule has 1 amide bonds. The number of nitrogens with one attached hydrogen (secondary N) is 1. The summed E-state index contributed by atoms with van der Waals surface area (Å²) in [4.78, 5) is 24.7. The third-order valence-electron chi connectivity index (χ3n) is 4.93. The Morgan fingerprint density at radius 2 is 1.66 bits per heavy atom. The molecule has 1 aliphatic carbocycles. The van der Waals surface area contributed by atoms with Gasteiger partial charge in [0.1, 0.15) is 22.7 Å². The summed E-state index contributed by atoms with van der Waals surface area (Å²) in [5.41, 5.74) is -0.695. The molecule has 0 spiro atoms. The van der Waals surface area contributed by atoms with Gasteiger partial charge < -0.3 is 14.8 Å². The molecule has 0 aromatic heterocycles. The lowest BCUT2D eigenvalue weighted by Crippen LogP contribution is -2.45. The highest BCUT2D eigenvalue weighted by Crippen LogP contribution is 2.56. The molecule has 0 unspecified atom stereocenters. The van der Waals surface area contributed by atoms with Gasteiger partial charge in [-0.2, -0.15) is 0 Å². The Labute approximate surface area is 171 Å². The Balaban J connectivity index is 2.04. The molecule has 1 saturated carbocycles. The Bertz CT molecular complexity index is 1010. The van der Waals surface area contributed by atoms with E-state index >= 15 is 0 Å². The van der Waals surface area contributed by atoms with E-state index in [1.54, 1.807) is 51.1 Å². The average Bonchev–Trinajstić information content (AvgIpc) is 3.31. The SMILES string of the molecule is Cc1ccc([C@H]2[C@@H](S(=O)(=O)c3ccccc3)[C@@]2(C=O)NC(=O)OC(C)(C)C)cc1. The van der Waals surface area contributed by atoms with Crippen molar-refractivity contribution in [3.05, 3.63) is 65.7 Å². The van der Waals surface area contributed by atoms with Crippen LogP contribution in [0.5, 0.6) is 0 Å². The second kappa shape index (κ2) is 7.30. The first-order chi connectivity index (χ1) is 13.5. The fourth-order valence-corrected chi connectivity index (χ4v) is 5.86. The van der Waals surface area contributed by atoms with Gasteiger partial charge in [-0.25, -0.2) is 13.2 Å². The smallest absolute Gasteiger partial charge is 0.408 e. The Hall–Kier alpha value is -2.67. The van der Waals surface area contributed by atoms with Crippen molar-refractivity contribution in [1.29, 1.82) is 0 Å². The van der Waals surface area contributed by atoms with Crippen LogP contribution in [0.1, 0.15) is 37.8 Å². The zero-order valence-electron chi connectivity index (χ0n) is 16.9. The lowest BCUT2D eigenvalue weighted by Gasteiger charge is -2.22. The topological polar surface area (TPSA) is 89.5 Å². The van der Waals surface area contributed by atoms with E-state index in [1.807, 2.05) is 19.1 Å². The van der Waals surface area contributed by atoms with Crippen LogP contribution in [0.15, 0.2) is 59.5 Å². The first-order valence-corrected chi connectivity index (χ1v) is 10.9. The number of aryl methyl sites for hydroxylation is 1. The quantitative estimate of drug-likeness (QED) is 0.756. The van der Waals surface area contributed by atoms with Gasteiger partial charge in [-0.05, 0) is 45.4 Å². The largest absolute Gasteiger partial charge is 0.444 e. The second-order valence-corrected chi connectivity index (χ2v) is 10.4. The number of hydrogen-bond donors (Lipinski definition) is 1. The molecule has 2 aromatic rings. The van der Waals surface area contributed by atoms with Gasteiger partial charge in [0, 0.05) is 5.92 Å². The molecule has 154 valence electrons. The van der Waals surface area contributed by atoms with Crippen LogP contribution in [-0.2, 0) is 19.4 Å². The Morgan fingerprint density at radius 3 is 2.17 bits per heavy atom. The molecular weight excluding hydrogens is 390 g/mol. The number of aldehydes is 1. The number of hydrogen-bond acceptors (Lipinski definition) is 5. The standard InChI is InChI=1S/C22H25NO5S/c1-15-10-12-16(13-11-15)18-19(29(26,27)17-8-6-5-7-9-17)22(18,14-24)23-20(25)28-21(2,3)4/h5-14,18-19H,1-4H3,(H,23,25)/t18-,19+,22-/m0/s1. The summed E-state index contributed by atoms with van der Waals surface area (Å²) in [5, 5.41) is 1.43. The maximum absolute atomic E-state index is 13.3. The molecule has 0 saturated heterocycles. The first-order valence-electron chi connectivity index (χ1n) is 9.34. The van der Waals surface area contributed by atoms with Crippen LogP contribution in [0.4, 0.5) is 4.79 Å². The van der Waals surface area contributed by atoms with E-state index in [0.29, 0.717) is 11.8 Å². The summed E-state index contributed by atoms with van der Waals surface area (Å²) in [5.74, 6) is -0.710. The lowest BCUT2D eigenvalue weighted by molar-refractivity contribution is -0.110. The van der Waals surface area contributed by atoms with E-state index < -0.39 is 38.2 Å². The van der Waals surface area contributed by atoms with Crippen LogP contribution < -0.4 is 5.32 Å². The van der Waals surface area contributed by atoms with Crippen molar-refractivity contribution >= 4 is 22.2 Å². The highest BCUT2D eigenvalue weighted by Gasteiger charge is 2.73. The molecule has 0 aliphatic heterocycles. The summed E-state index contributed by atoms with van der Waals surface area (Å²) >= 11 is 0. The van der Waals surface area contributed by atoms with Crippen molar-refractivity contribution in [1.82, 2.24) is 5.32 Å². The number of carbonyl (C=O) groups excluding carboxylic acids is 2. The normalized spacial score (nSPS) is 23.9. The minimum absolute atomic E-state index is 0.108. The number of ether oxygens (including phenoxy) is 1. The van der Waals surface area contributed by atoms with Crippen LogP contribution in [-0.4, -0.2) is 37.2 Å². The number of rotatable bonds is 5. The van der Waals surface area contributed by atoms with Gasteiger partial charge in [-0.3, -0.25) is 0 Å². The molecule has 0 heterocycles. The van der Waals surface area contributed by atoms with Crippen molar-refractivity contribution in [2.75, 3.05) is 0 Å². The van der Waals surface area contributed by atoms with E-state index in [-0.39, 0.29) is 4.90 Å². The number of amides is 1. The van der Waals surface area contributed by atoms with E-state index in [2.05, 4.69) is 5.32 Å². The number of carbonyl (C=O) groups is 2. The van der Waals surface area contributed by atoms with Crippen molar-refractivity contribution in [2.24, 2.45) is 0 Å². The summed E-state index contributed by atoms with van der Waals surface area (Å²) in [7, 11) is -3.88. The number of benzene rings is 2. The van der Waals surface area contributed by atoms with Gasteiger partial charge in [-0.15, -0.1) is 0 Å². The maximum atomic E-state index is 13.3. The molecular formula is C22H25NO5S. The molecule has 6 nitrogen and oxygen atoms in total. The molecule has 1 fully saturated rings. The first kappa shape index (κ1) is 21.0. The van der Waals surface area contributed by atoms with Crippen molar-refractivity contribution in [3.63, 3.8) is 0 Å². The van der Waals surface area contributed by atoms with Gasteiger partial charge in [0.25, 0.3) is 0 Å². The molecule has 1 N–H and O–H groups in total. The predicted molar refractivity (Wildman–Crippen MR) is 110 cm³/mol. The molecule has 0 bridgehead atoms. The zero-order valence-corrected chi connectivity index (χ0v) is 17.7. The summed E-state index contributed by atoms with van der Waals surface area (Å²) in [6.45, 7) is 7.01. The fourth-order valence-electron chi connectivity index (χ4n) is 3.59. The van der Waals surface area contributed by atoms with Crippen molar-refractivity contribution in [2.45, 2.75) is 54.9 Å². The van der Waals surface area contributed by atoms with Crippen molar-refractivity contribution < 1.29 is 22.7 Å². The van der Waals surface area contributed by atoms with Crippen LogP contribution in [0.25, 0.3) is 0 Å². The van der Waals surface area contributed by atoms with Gasteiger partial charge in [0.05, 0.1) is 4.90 Å². The monoisotopic (exact) mass is 415 g/mol. The molecule has 1 aliphatic rings. The predicted octanol–water partition coefficient (Wildman–Crippen LogP) is 3.40. The summed E-state index contributed by atoms with van der Waals surface area (Å²) in [6.07, 6.45) is -0.306. The van der Waals surface area contributed by atoms with Crippen LogP contribution in [0, 0.1) is 6.92 Å². The number of sulfone groups is 1. The molecule has 0 radical (unpaired) electrons. The van der Waals surface area contributed by atoms with Crippen LogP contribution in [0.2, 0.25) is 0 Å². The lowest BCUT2D eigenvalue weighted by atomic mass is 10.1. The van der Waals surface area contributed by atoms with E-state index in [1.165, 1.54) is 12.1 Å². The van der Waals surface area contributed by atoms with E-state index in [9.17, 15) is 18.0 Å². The minimum Gasteiger partial charge on any atom is -0.444 e. The van der Waals surface area contributed by atoms with Crippen LogP contribution in [0.3, 0.4) is 0 Å². The average molecular weight is 416 g/mol. The maximum Gasteiger partial charge on any atom is 0.408 e. The van der Waals surface area contributed by atoms with Crippen molar-refractivity contribution in [3.8, 4) is 0 Å². The Kier molecular flexibility index (Phi) is 5.30. The molecule has 7 heteroatoms. The second-order valence-electron chi connectivity index (χ2n) is 8.34.